The van der Waals surface area contributed by atoms with Gasteiger partial charge in [0.25, 0.3) is 5.91 Å². The second-order valence-electron chi connectivity index (χ2n) is 4.78. The summed E-state index contributed by atoms with van der Waals surface area (Å²) < 4.78 is 0. The summed E-state index contributed by atoms with van der Waals surface area (Å²) in [7, 11) is 0. The Morgan fingerprint density at radius 1 is 1.47 bits per heavy atom. The van der Waals surface area contributed by atoms with Crippen LogP contribution in [0.1, 0.15) is 28.8 Å². The highest BCUT2D eigenvalue weighted by Gasteiger charge is 2.09. The van der Waals surface area contributed by atoms with E-state index in [4.69, 9.17) is 11.6 Å². The third-order valence-electron chi connectivity index (χ3n) is 3.33. The van der Waals surface area contributed by atoms with Crippen molar-refractivity contribution in [1.29, 1.82) is 0 Å². The smallest absolute Gasteiger partial charge is 0.251 e. The van der Waals surface area contributed by atoms with Crippen LogP contribution in [0, 0.1) is 6.92 Å². The van der Waals surface area contributed by atoms with Crippen LogP contribution in [0.4, 0.5) is 0 Å². The van der Waals surface area contributed by atoms with E-state index in [1.807, 2.05) is 13.0 Å². The molecule has 1 aromatic rings. The highest BCUT2D eigenvalue weighted by atomic mass is 35.5. The SMILES string of the molecule is Cc1ccc(Cl)cc1C(=O)NCCC1=CCNCC1. The van der Waals surface area contributed by atoms with E-state index in [0.29, 0.717) is 17.1 Å². The van der Waals surface area contributed by atoms with Crippen LogP contribution < -0.4 is 10.6 Å². The van der Waals surface area contributed by atoms with Crippen molar-refractivity contribution in [2.24, 2.45) is 0 Å². The maximum absolute atomic E-state index is 12.1. The average molecular weight is 279 g/mol. The molecule has 0 radical (unpaired) electrons. The summed E-state index contributed by atoms with van der Waals surface area (Å²) in [4.78, 5) is 12.1. The number of aryl methyl sites for hydroxylation is 1. The molecule has 2 rings (SSSR count). The zero-order valence-corrected chi connectivity index (χ0v) is 11.9. The second-order valence-corrected chi connectivity index (χ2v) is 5.22. The molecule has 1 aliphatic heterocycles. The van der Waals surface area contributed by atoms with E-state index in [2.05, 4.69) is 16.7 Å². The fourth-order valence-corrected chi connectivity index (χ4v) is 2.34. The Balaban J connectivity index is 1.87. The number of rotatable bonds is 4. The van der Waals surface area contributed by atoms with Gasteiger partial charge in [0.15, 0.2) is 0 Å². The lowest BCUT2D eigenvalue weighted by atomic mass is 10.1. The number of carbonyl (C=O) groups excluding carboxylic acids is 1. The topological polar surface area (TPSA) is 41.1 Å². The number of carbonyl (C=O) groups is 1. The Labute approximate surface area is 119 Å². The molecular formula is C15H19ClN2O. The van der Waals surface area contributed by atoms with E-state index in [1.54, 1.807) is 12.1 Å². The van der Waals surface area contributed by atoms with Crippen LogP contribution in [-0.4, -0.2) is 25.5 Å². The van der Waals surface area contributed by atoms with Gasteiger partial charge < -0.3 is 10.6 Å². The quantitative estimate of drug-likeness (QED) is 0.832. The summed E-state index contributed by atoms with van der Waals surface area (Å²) in [5.41, 5.74) is 3.02. The first-order valence-electron chi connectivity index (χ1n) is 6.60. The summed E-state index contributed by atoms with van der Waals surface area (Å²) in [6.07, 6.45) is 4.21. The summed E-state index contributed by atoms with van der Waals surface area (Å²) in [5.74, 6) is -0.0467. The van der Waals surface area contributed by atoms with E-state index in [0.717, 1.165) is 31.5 Å². The molecule has 3 nitrogen and oxygen atoms in total. The van der Waals surface area contributed by atoms with Crippen molar-refractivity contribution < 1.29 is 4.79 Å². The van der Waals surface area contributed by atoms with Gasteiger partial charge in [0.05, 0.1) is 0 Å². The van der Waals surface area contributed by atoms with Crippen molar-refractivity contribution >= 4 is 17.5 Å². The van der Waals surface area contributed by atoms with Gasteiger partial charge in [0, 0.05) is 23.7 Å². The molecule has 0 unspecified atom stereocenters. The van der Waals surface area contributed by atoms with Crippen LogP contribution in [0.2, 0.25) is 5.02 Å². The normalized spacial score (nSPS) is 14.9. The van der Waals surface area contributed by atoms with Gasteiger partial charge in [-0.15, -0.1) is 0 Å². The number of nitrogens with one attached hydrogen (secondary N) is 2. The average Bonchev–Trinajstić information content (AvgIpc) is 2.42. The van der Waals surface area contributed by atoms with Gasteiger partial charge in [-0.3, -0.25) is 4.79 Å². The summed E-state index contributed by atoms with van der Waals surface area (Å²) in [6, 6.07) is 5.39. The number of benzene rings is 1. The minimum absolute atomic E-state index is 0.0467. The fourth-order valence-electron chi connectivity index (χ4n) is 2.17. The molecule has 1 aromatic carbocycles. The highest BCUT2D eigenvalue weighted by molar-refractivity contribution is 6.31. The predicted octanol–water partition coefficient (Wildman–Crippen LogP) is 2.69. The van der Waals surface area contributed by atoms with E-state index >= 15 is 0 Å². The van der Waals surface area contributed by atoms with Gasteiger partial charge in [-0.05, 0) is 44.0 Å². The monoisotopic (exact) mass is 278 g/mol. The molecule has 0 saturated carbocycles. The number of hydrogen-bond donors (Lipinski definition) is 2. The van der Waals surface area contributed by atoms with Crippen LogP contribution in [0.25, 0.3) is 0 Å². The largest absolute Gasteiger partial charge is 0.352 e. The van der Waals surface area contributed by atoms with Crippen LogP contribution in [0.3, 0.4) is 0 Å². The molecule has 102 valence electrons. The first kappa shape index (κ1) is 14.1. The Morgan fingerprint density at radius 3 is 3.05 bits per heavy atom. The Hall–Kier alpha value is -1.32. The molecule has 0 aliphatic carbocycles. The lowest BCUT2D eigenvalue weighted by Gasteiger charge is -2.14. The molecule has 2 N–H and O–H groups in total. The van der Waals surface area contributed by atoms with Crippen molar-refractivity contribution in [3.63, 3.8) is 0 Å². The molecule has 1 amide bonds. The number of amides is 1. The number of hydrogen-bond acceptors (Lipinski definition) is 2. The lowest BCUT2D eigenvalue weighted by Crippen LogP contribution is -2.27. The van der Waals surface area contributed by atoms with Gasteiger partial charge in [-0.1, -0.05) is 29.3 Å². The summed E-state index contributed by atoms with van der Waals surface area (Å²) in [6.45, 7) is 4.57. The maximum atomic E-state index is 12.1. The maximum Gasteiger partial charge on any atom is 0.251 e. The predicted molar refractivity (Wildman–Crippen MR) is 78.7 cm³/mol. The first-order chi connectivity index (χ1) is 9.16. The van der Waals surface area contributed by atoms with Crippen molar-refractivity contribution in [3.05, 3.63) is 46.0 Å². The molecule has 0 bridgehead atoms. The third kappa shape index (κ3) is 4.08. The van der Waals surface area contributed by atoms with E-state index < -0.39 is 0 Å². The lowest BCUT2D eigenvalue weighted by molar-refractivity contribution is 0.0953. The van der Waals surface area contributed by atoms with Gasteiger partial charge in [-0.2, -0.15) is 0 Å². The molecular weight excluding hydrogens is 260 g/mol. The van der Waals surface area contributed by atoms with Gasteiger partial charge >= 0.3 is 0 Å². The third-order valence-corrected chi connectivity index (χ3v) is 3.57. The van der Waals surface area contributed by atoms with E-state index in [1.165, 1.54) is 5.57 Å². The van der Waals surface area contributed by atoms with Gasteiger partial charge in [-0.25, -0.2) is 0 Å². The summed E-state index contributed by atoms with van der Waals surface area (Å²) >= 11 is 5.92. The molecule has 0 aromatic heterocycles. The minimum atomic E-state index is -0.0467. The zero-order chi connectivity index (χ0) is 13.7. The molecule has 4 heteroatoms. The number of halogens is 1. The van der Waals surface area contributed by atoms with Crippen LogP contribution in [0.15, 0.2) is 29.8 Å². The van der Waals surface area contributed by atoms with Crippen LogP contribution in [-0.2, 0) is 0 Å². The molecule has 19 heavy (non-hydrogen) atoms. The summed E-state index contributed by atoms with van der Waals surface area (Å²) in [5, 5.41) is 6.82. The standard InChI is InChI=1S/C15H19ClN2O/c1-11-2-3-13(16)10-14(11)15(19)18-9-6-12-4-7-17-8-5-12/h2-4,10,17H,5-9H2,1H3,(H,18,19). The minimum Gasteiger partial charge on any atom is -0.352 e. The van der Waals surface area contributed by atoms with Crippen molar-refractivity contribution in [2.45, 2.75) is 19.8 Å². The van der Waals surface area contributed by atoms with Crippen molar-refractivity contribution in [1.82, 2.24) is 10.6 Å². The second kappa shape index (κ2) is 6.73. The molecule has 1 aliphatic rings. The van der Waals surface area contributed by atoms with E-state index in [-0.39, 0.29) is 5.91 Å². The highest BCUT2D eigenvalue weighted by Crippen LogP contribution is 2.15. The van der Waals surface area contributed by atoms with Crippen LogP contribution >= 0.6 is 11.6 Å². The molecule has 0 fully saturated rings. The Bertz CT molecular complexity index is 497. The van der Waals surface area contributed by atoms with Crippen molar-refractivity contribution in [3.8, 4) is 0 Å². The molecule has 0 saturated heterocycles. The molecule has 0 atom stereocenters. The van der Waals surface area contributed by atoms with Gasteiger partial charge in [0.2, 0.25) is 0 Å². The molecule has 1 heterocycles. The Kier molecular flexibility index (Phi) is 5.00. The zero-order valence-electron chi connectivity index (χ0n) is 11.1. The first-order valence-corrected chi connectivity index (χ1v) is 6.97. The fraction of sp³-hybridized carbons (Fsp3) is 0.400. The van der Waals surface area contributed by atoms with Crippen LogP contribution in [0.5, 0.6) is 0 Å². The van der Waals surface area contributed by atoms with Gasteiger partial charge in [0.1, 0.15) is 0 Å². The molecule has 0 spiro atoms. The van der Waals surface area contributed by atoms with Crippen molar-refractivity contribution in [2.75, 3.05) is 19.6 Å². The van der Waals surface area contributed by atoms with E-state index in [9.17, 15) is 4.79 Å². The Morgan fingerprint density at radius 2 is 2.32 bits per heavy atom.